The number of hydrogen-bond donors (Lipinski definition) is 0. The molecule has 0 fully saturated rings. The van der Waals surface area contributed by atoms with Crippen LogP contribution in [-0.2, 0) is 35.8 Å². The lowest BCUT2D eigenvalue weighted by molar-refractivity contribution is -0.137. The van der Waals surface area contributed by atoms with Crippen LogP contribution in [0.2, 0.25) is 0 Å². The van der Waals surface area contributed by atoms with Gasteiger partial charge in [-0.2, -0.15) is 21.6 Å². The van der Waals surface area contributed by atoms with Crippen LogP contribution in [0.4, 0.5) is 13.2 Å². The minimum atomic E-state index is -4.69. The van der Waals surface area contributed by atoms with E-state index >= 15 is 0 Å². The molecule has 1 amide bonds. The third kappa shape index (κ3) is 7.53. The summed E-state index contributed by atoms with van der Waals surface area (Å²) in [6.45, 7) is 2.53. The number of halogens is 3. The summed E-state index contributed by atoms with van der Waals surface area (Å²) >= 11 is 0. The van der Waals surface area contributed by atoms with Gasteiger partial charge in [0.25, 0.3) is 5.91 Å². The van der Waals surface area contributed by atoms with Gasteiger partial charge in [-0.15, -0.1) is 0 Å². The molecule has 0 saturated carbocycles. The quantitative estimate of drug-likeness (QED) is 0.177. The lowest BCUT2D eigenvalue weighted by Gasteiger charge is -2.22. The zero-order valence-electron chi connectivity index (χ0n) is 21.7. The summed E-state index contributed by atoms with van der Waals surface area (Å²) in [5.74, 6) is 0.318. The third-order valence-electron chi connectivity index (χ3n) is 6.19. The number of carbonyl (C=O) groups excluding carboxylic acids is 1. The Bertz CT molecular complexity index is 1520. The Morgan fingerprint density at radius 2 is 1.60 bits per heavy atom. The number of aryl methyl sites for hydroxylation is 1. The summed E-state index contributed by atoms with van der Waals surface area (Å²) in [5, 5.41) is 0. The highest BCUT2D eigenvalue weighted by Gasteiger charge is 2.32. The number of carbonyl (C=O) groups is 1. The van der Waals surface area contributed by atoms with Gasteiger partial charge in [-0.1, -0.05) is 43.7 Å². The second-order valence-electron chi connectivity index (χ2n) is 9.25. The van der Waals surface area contributed by atoms with Crippen molar-refractivity contribution < 1.29 is 35.0 Å². The van der Waals surface area contributed by atoms with Gasteiger partial charge >= 0.3 is 16.3 Å². The molecule has 0 aliphatic rings. The second-order valence-corrected chi connectivity index (χ2v) is 10.8. The van der Waals surface area contributed by atoms with E-state index in [2.05, 4.69) is 6.92 Å². The fraction of sp³-hybridized carbons (Fsp3) is 0.233. The number of unbranched alkanes of at least 4 members (excludes halogenated alkanes) is 1. The molecule has 0 aliphatic carbocycles. The second kappa shape index (κ2) is 12.4. The summed E-state index contributed by atoms with van der Waals surface area (Å²) in [6, 6.07) is 20.3. The molecule has 0 bridgehead atoms. The van der Waals surface area contributed by atoms with Gasteiger partial charge in [0.05, 0.1) is 18.4 Å². The van der Waals surface area contributed by atoms with Gasteiger partial charge in [-0.3, -0.25) is 4.79 Å². The van der Waals surface area contributed by atoms with Gasteiger partial charge in [0, 0.05) is 12.1 Å². The SMILES string of the molecule is CCCCc1ccc(C(=O)N(Cc2ccc(OS(=O)(=O)c3cccc(C(F)(F)F)c3)cc2)Cc2ccco2)cc1. The largest absolute Gasteiger partial charge is 0.467 e. The van der Waals surface area contributed by atoms with Gasteiger partial charge in [0.15, 0.2) is 0 Å². The first-order valence-electron chi connectivity index (χ1n) is 12.7. The van der Waals surface area contributed by atoms with Gasteiger partial charge in [-0.25, -0.2) is 0 Å². The fourth-order valence-corrected chi connectivity index (χ4v) is 5.02. The van der Waals surface area contributed by atoms with Gasteiger partial charge in [0.1, 0.15) is 16.4 Å². The van der Waals surface area contributed by atoms with E-state index in [0.717, 1.165) is 43.0 Å². The molecule has 40 heavy (non-hydrogen) atoms. The summed E-state index contributed by atoms with van der Waals surface area (Å²) in [7, 11) is -4.50. The minimum Gasteiger partial charge on any atom is -0.467 e. The highest BCUT2D eigenvalue weighted by atomic mass is 32.2. The van der Waals surface area contributed by atoms with Gasteiger partial charge in [0.2, 0.25) is 0 Å². The molecule has 0 radical (unpaired) electrons. The molecule has 1 aromatic heterocycles. The van der Waals surface area contributed by atoms with Crippen molar-refractivity contribution >= 4 is 16.0 Å². The molecule has 0 atom stereocenters. The van der Waals surface area contributed by atoms with E-state index in [1.165, 1.54) is 18.4 Å². The third-order valence-corrected chi connectivity index (χ3v) is 7.43. The summed E-state index contributed by atoms with van der Waals surface area (Å²) < 4.78 is 74.7. The lowest BCUT2D eigenvalue weighted by Crippen LogP contribution is -2.30. The molecule has 0 unspecified atom stereocenters. The average Bonchev–Trinajstić information content (AvgIpc) is 3.45. The smallest absolute Gasteiger partial charge is 0.416 e. The van der Waals surface area contributed by atoms with Crippen LogP contribution in [0.3, 0.4) is 0 Å². The van der Waals surface area contributed by atoms with E-state index in [-0.39, 0.29) is 24.7 Å². The Hall–Kier alpha value is -4.05. The highest BCUT2D eigenvalue weighted by Crippen LogP contribution is 2.31. The monoisotopic (exact) mass is 571 g/mol. The predicted octanol–water partition coefficient (Wildman–Crippen LogP) is 7.25. The van der Waals surface area contributed by atoms with Gasteiger partial charge < -0.3 is 13.5 Å². The molecule has 210 valence electrons. The zero-order chi connectivity index (χ0) is 28.8. The first kappa shape index (κ1) is 28.9. The van der Waals surface area contributed by atoms with Crippen LogP contribution in [0.1, 0.15) is 52.6 Å². The van der Waals surface area contributed by atoms with Crippen molar-refractivity contribution in [2.24, 2.45) is 0 Å². The Kier molecular flexibility index (Phi) is 8.99. The maximum atomic E-state index is 13.4. The van der Waals surface area contributed by atoms with E-state index in [1.54, 1.807) is 41.3 Å². The Morgan fingerprint density at radius 3 is 2.23 bits per heavy atom. The van der Waals surface area contributed by atoms with Crippen molar-refractivity contribution in [2.45, 2.75) is 50.3 Å². The molecule has 6 nitrogen and oxygen atoms in total. The zero-order valence-corrected chi connectivity index (χ0v) is 22.5. The van der Waals surface area contributed by atoms with E-state index in [4.69, 9.17) is 8.60 Å². The number of benzene rings is 3. The summed E-state index contributed by atoms with van der Waals surface area (Å²) in [4.78, 5) is 14.4. The van der Waals surface area contributed by atoms with Crippen molar-refractivity contribution in [3.63, 3.8) is 0 Å². The maximum absolute atomic E-state index is 13.4. The molecule has 10 heteroatoms. The number of rotatable bonds is 11. The van der Waals surface area contributed by atoms with Crippen LogP contribution >= 0.6 is 0 Å². The maximum Gasteiger partial charge on any atom is 0.416 e. The molecule has 4 rings (SSSR count). The van der Waals surface area contributed by atoms with E-state index in [9.17, 15) is 26.4 Å². The number of alkyl halides is 3. The van der Waals surface area contributed by atoms with Crippen molar-refractivity contribution in [1.29, 1.82) is 0 Å². The van der Waals surface area contributed by atoms with Crippen molar-refractivity contribution in [2.75, 3.05) is 0 Å². The van der Waals surface area contributed by atoms with Crippen molar-refractivity contribution in [1.82, 2.24) is 4.90 Å². The van der Waals surface area contributed by atoms with Crippen LogP contribution in [0.15, 0.2) is 101 Å². The topological polar surface area (TPSA) is 76.8 Å². The number of nitrogens with zero attached hydrogens (tertiary/aromatic N) is 1. The predicted molar refractivity (Wildman–Crippen MR) is 143 cm³/mol. The summed E-state index contributed by atoms with van der Waals surface area (Å²) in [5.41, 5.74) is 1.28. The van der Waals surface area contributed by atoms with Crippen LogP contribution in [-0.4, -0.2) is 19.2 Å². The molecule has 0 spiro atoms. The normalized spacial score (nSPS) is 11.8. The Morgan fingerprint density at radius 1 is 0.900 bits per heavy atom. The number of hydrogen-bond acceptors (Lipinski definition) is 5. The molecule has 1 heterocycles. The highest BCUT2D eigenvalue weighted by molar-refractivity contribution is 7.87. The minimum absolute atomic E-state index is 0.0762. The molecule has 0 saturated heterocycles. The van der Waals surface area contributed by atoms with Crippen molar-refractivity contribution in [3.8, 4) is 5.75 Å². The number of furan rings is 1. The Labute approximate surface area is 231 Å². The van der Waals surface area contributed by atoms with Gasteiger partial charge in [-0.05, 0) is 78.6 Å². The molecular weight excluding hydrogens is 543 g/mol. The molecule has 0 aliphatic heterocycles. The van der Waals surface area contributed by atoms with Crippen LogP contribution in [0.5, 0.6) is 5.75 Å². The first-order valence-corrected chi connectivity index (χ1v) is 14.1. The first-order chi connectivity index (χ1) is 19.0. The van der Waals surface area contributed by atoms with Crippen molar-refractivity contribution in [3.05, 3.63) is 119 Å². The standard InChI is InChI=1S/C30H28F3NO5S/c1-2-3-6-22-10-14-24(15-11-22)29(35)34(21-27-8-5-18-38-27)20-23-12-16-26(17-13-23)39-40(36,37)28-9-4-7-25(19-28)30(31,32)33/h4-5,7-19H,2-3,6,20-21H2,1H3. The fourth-order valence-electron chi connectivity index (χ4n) is 4.04. The molecule has 0 N–H and O–H groups in total. The molecule has 3 aromatic carbocycles. The molecular formula is C30H28F3NO5S. The summed E-state index contributed by atoms with van der Waals surface area (Å²) in [6.07, 6.45) is -0.0722. The van der Waals surface area contributed by atoms with E-state index in [1.807, 2.05) is 12.1 Å². The average molecular weight is 572 g/mol. The van der Waals surface area contributed by atoms with Crippen LogP contribution in [0, 0.1) is 0 Å². The van der Waals surface area contributed by atoms with Crippen LogP contribution < -0.4 is 4.18 Å². The van der Waals surface area contributed by atoms with E-state index in [0.29, 0.717) is 23.0 Å². The lowest BCUT2D eigenvalue weighted by atomic mass is 10.1. The number of amides is 1. The van der Waals surface area contributed by atoms with E-state index < -0.39 is 26.8 Å². The molecule has 4 aromatic rings. The Balaban J connectivity index is 1.49. The van der Waals surface area contributed by atoms with Crippen LogP contribution in [0.25, 0.3) is 0 Å².